The number of carbonyl (C=O) groups excluding carboxylic acids is 1. The minimum Gasteiger partial charge on any atom is -0.496 e. The summed E-state index contributed by atoms with van der Waals surface area (Å²) in [6.45, 7) is 3.83. The van der Waals surface area contributed by atoms with Gasteiger partial charge in [0.15, 0.2) is 0 Å². The molecule has 0 aliphatic heterocycles. The molecule has 0 spiro atoms. The van der Waals surface area contributed by atoms with Gasteiger partial charge in [0.25, 0.3) is 5.91 Å². The van der Waals surface area contributed by atoms with E-state index in [1.54, 1.807) is 31.3 Å². The number of nitriles is 1. The molecule has 0 aromatic heterocycles. The van der Waals surface area contributed by atoms with Gasteiger partial charge in [0, 0.05) is 7.05 Å². The van der Waals surface area contributed by atoms with E-state index in [0.29, 0.717) is 11.3 Å². The average molecular weight is 246 g/mol. The quantitative estimate of drug-likeness (QED) is 0.819. The summed E-state index contributed by atoms with van der Waals surface area (Å²) in [7, 11) is 3.17. The molecule has 1 aromatic rings. The Morgan fingerprint density at radius 1 is 1.39 bits per heavy atom. The van der Waals surface area contributed by atoms with Gasteiger partial charge in [0.05, 0.1) is 18.7 Å². The molecule has 96 valence electrons. The highest BCUT2D eigenvalue weighted by molar-refractivity contribution is 5.97. The Hall–Kier alpha value is -2.02. The van der Waals surface area contributed by atoms with E-state index in [0.717, 1.165) is 0 Å². The number of ether oxygens (including phenoxy) is 1. The molecule has 0 aliphatic carbocycles. The van der Waals surface area contributed by atoms with E-state index < -0.39 is 6.04 Å². The van der Waals surface area contributed by atoms with Crippen molar-refractivity contribution in [3.05, 3.63) is 29.8 Å². The third kappa shape index (κ3) is 2.80. The van der Waals surface area contributed by atoms with Gasteiger partial charge in [-0.3, -0.25) is 4.79 Å². The zero-order valence-corrected chi connectivity index (χ0v) is 11.2. The number of methoxy groups -OCH3 is 1. The molecule has 0 heterocycles. The number of carbonyl (C=O) groups is 1. The second-order valence-corrected chi connectivity index (χ2v) is 4.43. The van der Waals surface area contributed by atoms with Crippen molar-refractivity contribution in [2.75, 3.05) is 14.2 Å². The molecule has 18 heavy (non-hydrogen) atoms. The lowest BCUT2D eigenvalue weighted by Crippen LogP contribution is -2.39. The number of rotatable bonds is 4. The highest BCUT2D eigenvalue weighted by atomic mass is 16.5. The van der Waals surface area contributed by atoms with Gasteiger partial charge in [0.2, 0.25) is 0 Å². The zero-order chi connectivity index (χ0) is 13.7. The van der Waals surface area contributed by atoms with Crippen LogP contribution in [0.25, 0.3) is 0 Å². The van der Waals surface area contributed by atoms with E-state index in [-0.39, 0.29) is 11.8 Å². The molecule has 0 N–H and O–H groups in total. The van der Waals surface area contributed by atoms with E-state index in [9.17, 15) is 4.79 Å². The topological polar surface area (TPSA) is 53.3 Å². The Morgan fingerprint density at radius 2 is 2.00 bits per heavy atom. The summed E-state index contributed by atoms with van der Waals surface area (Å²) in [5, 5.41) is 9.11. The van der Waals surface area contributed by atoms with Crippen LogP contribution in [-0.2, 0) is 0 Å². The van der Waals surface area contributed by atoms with Crippen molar-refractivity contribution in [2.45, 2.75) is 19.9 Å². The highest BCUT2D eigenvalue weighted by Crippen LogP contribution is 2.21. The van der Waals surface area contributed by atoms with Gasteiger partial charge < -0.3 is 9.64 Å². The number of amides is 1. The van der Waals surface area contributed by atoms with Crippen molar-refractivity contribution in [2.24, 2.45) is 5.92 Å². The first-order valence-corrected chi connectivity index (χ1v) is 5.82. The zero-order valence-electron chi connectivity index (χ0n) is 11.2. The van der Waals surface area contributed by atoms with Crippen molar-refractivity contribution in [1.82, 2.24) is 4.90 Å². The second kappa shape index (κ2) is 6.06. The van der Waals surface area contributed by atoms with Crippen LogP contribution in [-0.4, -0.2) is 31.0 Å². The first-order chi connectivity index (χ1) is 8.52. The molecule has 1 rings (SSSR count). The summed E-state index contributed by atoms with van der Waals surface area (Å²) in [4.78, 5) is 13.8. The summed E-state index contributed by atoms with van der Waals surface area (Å²) in [5.41, 5.74) is 0.475. The lowest BCUT2D eigenvalue weighted by atomic mass is 10.0. The first kappa shape index (κ1) is 14.0. The van der Waals surface area contributed by atoms with Crippen LogP contribution in [0.1, 0.15) is 24.2 Å². The molecule has 0 fully saturated rings. The number of hydrogen-bond acceptors (Lipinski definition) is 3. The van der Waals surface area contributed by atoms with Gasteiger partial charge in [-0.1, -0.05) is 26.0 Å². The fraction of sp³-hybridized carbons (Fsp3) is 0.429. The van der Waals surface area contributed by atoms with Crippen molar-refractivity contribution in [3.8, 4) is 11.8 Å². The third-order valence-corrected chi connectivity index (χ3v) is 2.84. The van der Waals surface area contributed by atoms with Crippen LogP contribution in [0.3, 0.4) is 0 Å². The minimum atomic E-state index is -0.442. The predicted molar refractivity (Wildman–Crippen MR) is 69.3 cm³/mol. The van der Waals surface area contributed by atoms with E-state index in [1.807, 2.05) is 13.8 Å². The van der Waals surface area contributed by atoms with Crippen LogP contribution in [0.4, 0.5) is 0 Å². The standard InChI is InChI=1S/C14H18N2O2/c1-10(2)12(9-15)16(3)14(17)11-7-5-6-8-13(11)18-4/h5-8,10,12H,1-4H3. The Kier molecular flexibility index (Phi) is 4.73. The van der Waals surface area contributed by atoms with E-state index in [2.05, 4.69) is 6.07 Å². The number of nitrogens with zero attached hydrogens (tertiary/aromatic N) is 2. The molecular weight excluding hydrogens is 228 g/mol. The number of benzene rings is 1. The smallest absolute Gasteiger partial charge is 0.258 e. The first-order valence-electron chi connectivity index (χ1n) is 5.82. The Morgan fingerprint density at radius 3 is 2.50 bits per heavy atom. The molecule has 1 atom stereocenters. The molecule has 1 unspecified atom stereocenters. The molecule has 0 aliphatic rings. The van der Waals surface area contributed by atoms with Gasteiger partial charge in [0.1, 0.15) is 11.8 Å². The summed E-state index contributed by atoms with van der Waals surface area (Å²) < 4.78 is 5.16. The van der Waals surface area contributed by atoms with Gasteiger partial charge in [-0.05, 0) is 18.1 Å². The van der Waals surface area contributed by atoms with E-state index in [1.165, 1.54) is 12.0 Å². The summed E-state index contributed by atoms with van der Waals surface area (Å²) in [5.74, 6) is 0.404. The lowest BCUT2D eigenvalue weighted by molar-refractivity contribution is 0.0732. The lowest BCUT2D eigenvalue weighted by Gasteiger charge is -2.26. The number of para-hydroxylation sites is 1. The SMILES string of the molecule is COc1ccccc1C(=O)N(C)C(C#N)C(C)C. The maximum absolute atomic E-state index is 12.3. The Balaban J connectivity index is 3.04. The fourth-order valence-corrected chi connectivity index (χ4v) is 1.82. The third-order valence-electron chi connectivity index (χ3n) is 2.84. The molecule has 0 bridgehead atoms. The second-order valence-electron chi connectivity index (χ2n) is 4.43. The Labute approximate surface area is 108 Å². The van der Waals surface area contributed by atoms with Crippen LogP contribution >= 0.6 is 0 Å². The largest absolute Gasteiger partial charge is 0.496 e. The van der Waals surface area contributed by atoms with Gasteiger partial charge in [-0.2, -0.15) is 5.26 Å². The molecule has 4 heteroatoms. The maximum Gasteiger partial charge on any atom is 0.258 e. The monoisotopic (exact) mass is 246 g/mol. The van der Waals surface area contributed by atoms with Gasteiger partial charge in [-0.25, -0.2) is 0 Å². The summed E-state index contributed by atoms with van der Waals surface area (Å²) >= 11 is 0. The van der Waals surface area contributed by atoms with E-state index in [4.69, 9.17) is 10.00 Å². The van der Waals surface area contributed by atoms with Gasteiger partial charge in [-0.15, -0.1) is 0 Å². The molecule has 1 aromatic carbocycles. The summed E-state index contributed by atoms with van der Waals surface area (Å²) in [6, 6.07) is 8.73. The molecule has 1 amide bonds. The minimum absolute atomic E-state index is 0.0821. The fourth-order valence-electron chi connectivity index (χ4n) is 1.82. The van der Waals surface area contributed by atoms with Gasteiger partial charge >= 0.3 is 0 Å². The number of hydrogen-bond donors (Lipinski definition) is 0. The van der Waals surface area contributed by atoms with E-state index >= 15 is 0 Å². The molecule has 0 radical (unpaired) electrons. The normalized spacial score (nSPS) is 11.8. The van der Waals surface area contributed by atoms with Crippen molar-refractivity contribution in [3.63, 3.8) is 0 Å². The molecule has 0 saturated carbocycles. The highest BCUT2D eigenvalue weighted by Gasteiger charge is 2.25. The van der Waals surface area contributed by atoms with Crippen LogP contribution in [0.5, 0.6) is 5.75 Å². The van der Waals surface area contributed by atoms with Crippen molar-refractivity contribution < 1.29 is 9.53 Å². The van der Waals surface area contributed by atoms with Crippen LogP contribution < -0.4 is 4.74 Å². The average Bonchev–Trinajstić information content (AvgIpc) is 2.38. The predicted octanol–water partition coefficient (Wildman–Crippen LogP) is 2.32. The molecule has 4 nitrogen and oxygen atoms in total. The Bertz CT molecular complexity index is 463. The molecular formula is C14H18N2O2. The summed E-state index contributed by atoms with van der Waals surface area (Å²) in [6.07, 6.45) is 0. The van der Waals surface area contributed by atoms with Crippen molar-refractivity contribution >= 4 is 5.91 Å². The van der Waals surface area contributed by atoms with Crippen molar-refractivity contribution in [1.29, 1.82) is 5.26 Å². The van der Waals surface area contributed by atoms with Crippen LogP contribution in [0.2, 0.25) is 0 Å². The van der Waals surface area contributed by atoms with Crippen LogP contribution in [0.15, 0.2) is 24.3 Å². The maximum atomic E-state index is 12.3. The van der Waals surface area contributed by atoms with Crippen LogP contribution in [0, 0.1) is 17.2 Å². The molecule has 0 saturated heterocycles.